The van der Waals surface area contributed by atoms with Gasteiger partial charge in [0, 0.05) is 31.9 Å². The average Bonchev–Trinajstić information content (AvgIpc) is 2.86. The number of carbonyl (C=O) groups is 2. The first-order valence-corrected chi connectivity index (χ1v) is 6.28. The number of anilines is 1. The number of carbonyl (C=O) groups excluding carboxylic acids is 2. The highest BCUT2D eigenvalue weighted by atomic mass is 16.2. The molecule has 1 heterocycles. The Morgan fingerprint density at radius 3 is 2.60 bits per heavy atom. The van der Waals surface area contributed by atoms with E-state index in [9.17, 15) is 9.59 Å². The van der Waals surface area contributed by atoms with Gasteiger partial charge >= 0.3 is 0 Å². The molecule has 0 unspecified atom stereocenters. The van der Waals surface area contributed by atoms with Gasteiger partial charge in [-0.3, -0.25) is 14.3 Å². The molecule has 0 saturated heterocycles. The van der Waals surface area contributed by atoms with Gasteiger partial charge in [-0.15, -0.1) is 0 Å². The molecule has 1 aromatic carbocycles. The van der Waals surface area contributed by atoms with Crippen LogP contribution in [0.25, 0.3) is 0 Å². The molecule has 0 spiro atoms. The molecule has 2 rings (SSSR count). The van der Waals surface area contributed by atoms with Crippen molar-refractivity contribution in [3.05, 3.63) is 48.3 Å². The molecule has 6 nitrogen and oxygen atoms in total. The predicted molar refractivity (Wildman–Crippen MR) is 75.2 cm³/mol. The van der Waals surface area contributed by atoms with Crippen LogP contribution < -0.4 is 10.6 Å². The summed E-state index contributed by atoms with van der Waals surface area (Å²) in [6.45, 7) is 0.280. The smallest absolute Gasteiger partial charge is 0.269 e. The van der Waals surface area contributed by atoms with Crippen molar-refractivity contribution >= 4 is 17.5 Å². The molecule has 2 aromatic rings. The van der Waals surface area contributed by atoms with Crippen molar-refractivity contribution < 1.29 is 9.59 Å². The van der Waals surface area contributed by atoms with Crippen molar-refractivity contribution in [1.29, 1.82) is 0 Å². The van der Waals surface area contributed by atoms with Crippen molar-refractivity contribution in [1.82, 2.24) is 15.1 Å². The van der Waals surface area contributed by atoms with Crippen molar-refractivity contribution in [3.63, 3.8) is 0 Å². The Morgan fingerprint density at radius 1 is 1.20 bits per heavy atom. The molecule has 20 heavy (non-hydrogen) atoms. The summed E-state index contributed by atoms with van der Waals surface area (Å²) in [5.74, 6) is -0.376. The number of aryl methyl sites for hydroxylation is 1. The molecule has 104 valence electrons. The van der Waals surface area contributed by atoms with Crippen LogP contribution in [0.4, 0.5) is 5.69 Å². The zero-order chi connectivity index (χ0) is 14.4. The lowest BCUT2D eigenvalue weighted by Gasteiger charge is -2.06. The molecule has 0 aliphatic carbocycles. The van der Waals surface area contributed by atoms with Crippen LogP contribution in [0.3, 0.4) is 0 Å². The molecule has 6 heteroatoms. The summed E-state index contributed by atoms with van der Waals surface area (Å²) in [5, 5.41) is 9.35. The maximum atomic E-state index is 11.8. The number of aromatic nitrogens is 2. The first-order valence-electron chi connectivity index (χ1n) is 6.28. The highest BCUT2D eigenvalue weighted by Crippen LogP contribution is 2.05. The number of hydrogen-bond acceptors (Lipinski definition) is 3. The number of nitrogens with one attached hydrogen (secondary N) is 2. The van der Waals surface area contributed by atoms with E-state index in [-0.39, 0.29) is 24.8 Å². The zero-order valence-corrected chi connectivity index (χ0v) is 11.2. The minimum absolute atomic E-state index is 0.137. The van der Waals surface area contributed by atoms with Crippen LogP contribution in [-0.4, -0.2) is 28.1 Å². The first kappa shape index (κ1) is 13.8. The zero-order valence-electron chi connectivity index (χ0n) is 11.2. The van der Waals surface area contributed by atoms with E-state index < -0.39 is 0 Å². The third kappa shape index (κ3) is 3.68. The van der Waals surface area contributed by atoms with Crippen molar-refractivity contribution in [2.75, 3.05) is 11.9 Å². The van der Waals surface area contributed by atoms with Crippen LogP contribution in [0, 0.1) is 0 Å². The van der Waals surface area contributed by atoms with Gasteiger partial charge in [0.25, 0.3) is 5.91 Å². The lowest BCUT2D eigenvalue weighted by Crippen LogP contribution is -2.29. The molecule has 0 fully saturated rings. The molecular formula is C14H16N4O2. The molecule has 0 aliphatic rings. The Kier molecular flexibility index (Phi) is 4.49. The Bertz CT molecular complexity index is 592. The van der Waals surface area contributed by atoms with Crippen LogP contribution in [0.2, 0.25) is 0 Å². The number of benzene rings is 1. The Hall–Kier alpha value is -2.63. The summed E-state index contributed by atoms with van der Waals surface area (Å²) < 4.78 is 1.49. The highest BCUT2D eigenvalue weighted by Gasteiger charge is 2.09. The number of hydrogen-bond donors (Lipinski definition) is 2. The minimum atomic E-state index is -0.238. The van der Waals surface area contributed by atoms with Crippen molar-refractivity contribution in [3.8, 4) is 0 Å². The van der Waals surface area contributed by atoms with Gasteiger partial charge < -0.3 is 10.6 Å². The number of rotatable bonds is 5. The van der Waals surface area contributed by atoms with Gasteiger partial charge in [0.1, 0.15) is 5.69 Å². The molecule has 2 amide bonds. The summed E-state index contributed by atoms with van der Waals surface area (Å²) in [7, 11) is 1.69. The minimum Gasteiger partial charge on any atom is -0.350 e. The molecular weight excluding hydrogens is 256 g/mol. The molecule has 1 aromatic heterocycles. The topological polar surface area (TPSA) is 76.0 Å². The largest absolute Gasteiger partial charge is 0.350 e. The quantitative estimate of drug-likeness (QED) is 0.858. The fourth-order valence-corrected chi connectivity index (χ4v) is 1.72. The number of amides is 2. The molecule has 0 aliphatic heterocycles. The van der Waals surface area contributed by atoms with E-state index in [1.807, 2.05) is 30.3 Å². The van der Waals surface area contributed by atoms with E-state index in [1.165, 1.54) is 4.68 Å². The number of para-hydroxylation sites is 1. The second-order valence-corrected chi connectivity index (χ2v) is 4.26. The van der Waals surface area contributed by atoms with Crippen LogP contribution in [-0.2, 0) is 11.8 Å². The van der Waals surface area contributed by atoms with E-state index in [2.05, 4.69) is 15.7 Å². The fraction of sp³-hybridized carbons (Fsp3) is 0.214. The third-order valence-corrected chi connectivity index (χ3v) is 2.75. The van der Waals surface area contributed by atoms with E-state index in [4.69, 9.17) is 0 Å². The summed E-state index contributed by atoms with van der Waals surface area (Å²) in [4.78, 5) is 23.4. The summed E-state index contributed by atoms with van der Waals surface area (Å²) >= 11 is 0. The number of nitrogens with zero attached hydrogens (tertiary/aromatic N) is 2. The molecule has 2 N–H and O–H groups in total. The van der Waals surface area contributed by atoms with E-state index >= 15 is 0 Å². The first-order chi connectivity index (χ1) is 9.66. The van der Waals surface area contributed by atoms with Gasteiger partial charge in [-0.2, -0.15) is 5.10 Å². The maximum Gasteiger partial charge on any atom is 0.269 e. The molecule has 0 bridgehead atoms. The highest BCUT2D eigenvalue weighted by molar-refractivity contribution is 5.94. The molecule has 0 saturated carbocycles. The second kappa shape index (κ2) is 6.51. The normalized spacial score (nSPS) is 10.1. The van der Waals surface area contributed by atoms with Gasteiger partial charge in [0.2, 0.25) is 5.91 Å². The van der Waals surface area contributed by atoms with Crippen LogP contribution >= 0.6 is 0 Å². The van der Waals surface area contributed by atoms with E-state index in [1.54, 1.807) is 19.3 Å². The van der Waals surface area contributed by atoms with Crippen molar-refractivity contribution in [2.24, 2.45) is 7.05 Å². The van der Waals surface area contributed by atoms with Gasteiger partial charge in [-0.05, 0) is 18.2 Å². The van der Waals surface area contributed by atoms with Gasteiger partial charge in [0.05, 0.1) is 0 Å². The monoisotopic (exact) mass is 272 g/mol. The van der Waals surface area contributed by atoms with Gasteiger partial charge in [-0.1, -0.05) is 18.2 Å². The van der Waals surface area contributed by atoms with Crippen LogP contribution in [0.15, 0.2) is 42.6 Å². The Morgan fingerprint density at radius 2 is 1.95 bits per heavy atom. The van der Waals surface area contributed by atoms with E-state index in [0.717, 1.165) is 5.69 Å². The third-order valence-electron chi connectivity index (χ3n) is 2.75. The van der Waals surface area contributed by atoms with Gasteiger partial charge in [0.15, 0.2) is 0 Å². The summed E-state index contributed by atoms with van der Waals surface area (Å²) in [5.41, 5.74) is 1.21. The lowest BCUT2D eigenvalue weighted by molar-refractivity contribution is -0.116. The second-order valence-electron chi connectivity index (χ2n) is 4.26. The SMILES string of the molecule is Cn1nccc1C(=O)NCCC(=O)Nc1ccccc1. The maximum absolute atomic E-state index is 11.8. The fourth-order valence-electron chi connectivity index (χ4n) is 1.72. The summed E-state index contributed by atoms with van der Waals surface area (Å²) in [6.07, 6.45) is 1.77. The lowest BCUT2D eigenvalue weighted by atomic mass is 10.3. The Balaban J connectivity index is 1.75. The van der Waals surface area contributed by atoms with Crippen molar-refractivity contribution in [2.45, 2.75) is 6.42 Å². The molecule has 0 radical (unpaired) electrons. The van der Waals surface area contributed by atoms with E-state index in [0.29, 0.717) is 5.69 Å². The summed E-state index contributed by atoms with van der Waals surface area (Å²) in [6, 6.07) is 10.8. The molecule has 0 atom stereocenters. The predicted octanol–water partition coefficient (Wildman–Crippen LogP) is 1.18. The van der Waals surface area contributed by atoms with Crippen LogP contribution in [0.1, 0.15) is 16.9 Å². The average molecular weight is 272 g/mol. The van der Waals surface area contributed by atoms with Gasteiger partial charge in [-0.25, -0.2) is 0 Å². The standard InChI is InChI=1S/C14H16N4O2/c1-18-12(7-10-16-18)14(20)15-9-8-13(19)17-11-5-3-2-4-6-11/h2-7,10H,8-9H2,1H3,(H,15,20)(H,17,19). The van der Waals surface area contributed by atoms with Crippen LogP contribution in [0.5, 0.6) is 0 Å². The Labute approximate surface area is 116 Å².